The summed E-state index contributed by atoms with van der Waals surface area (Å²) in [5, 5.41) is 3.52. The van der Waals surface area contributed by atoms with E-state index in [1.807, 2.05) is 12.5 Å². The number of rotatable bonds is 4. The number of amides is 1. The molecule has 3 fully saturated rings. The molecule has 1 aliphatic carbocycles. The molecule has 146 valence electrons. The summed E-state index contributed by atoms with van der Waals surface area (Å²) in [6.45, 7) is 3.70. The molecule has 1 N–H and O–H groups in total. The molecule has 0 radical (unpaired) electrons. The van der Waals surface area contributed by atoms with Gasteiger partial charge in [-0.2, -0.15) is 0 Å². The molecular weight excluding hydrogens is 383 g/mol. The molecule has 2 saturated heterocycles. The lowest BCUT2D eigenvalue weighted by molar-refractivity contribution is -0.139. The number of likely N-dealkylation sites (tertiary alicyclic amines) is 1. The number of aromatic nitrogens is 2. The third kappa shape index (κ3) is 3.48. The fourth-order valence-electron chi connectivity index (χ4n) is 4.83. The molecule has 5 nitrogen and oxygen atoms in total. The standard InChI is InChI=1S/C20H24N4O.2ClH/c25-19(20(6-7-20)13-23-9-8-21-14-23)24-12-16-10-22-11-17(16)18(24)15-4-2-1-3-5-15;;/h1-5,8-9,14,16-18,22H,6-7,10-13H2;2*1H/t16-,17-,18+;;/m0../s1. The fraction of sp³-hybridized carbons (Fsp3) is 0.500. The molecule has 1 aromatic carbocycles. The Morgan fingerprint density at radius 1 is 1.19 bits per heavy atom. The molecule has 0 bridgehead atoms. The number of nitrogens with zero attached hydrogens (tertiary/aromatic N) is 3. The Morgan fingerprint density at radius 2 is 1.96 bits per heavy atom. The maximum Gasteiger partial charge on any atom is 0.231 e. The maximum absolute atomic E-state index is 13.5. The van der Waals surface area contributed by atoms with Crippen LogP contribution in [0.2, 0.25) is 0 Å². The molecule has 1 aromatic heterocycles. The molecule has 27 heavy (non-hydrogen) atoms. The highest BCUT2D eigenvalue weighted by molar-refractivity contribution is 5.86. The van der Waals surface area contributed by atoms with Gasteiger partial charge in [-0.3, -0.25) is 4.79 Å². The maximum atomic E-state index is 13.5. The number of nitrogens with one attached hydrogen (secondary N) is 1. The van der Waals surface area contributed by atoms with Crippen LogP contribution in [0.1, 0.15) is 24.4 Å². The van der Waals surface area contributed by atoms with E-state index in [-0.39, 0.29) is 36.3 Å². The van der Waals surface area contributed by atoms with Crippen LogP contribution >= 0.6 is 24.8 Å². The molecule has 1 saturated carbocycles. The smallest absolute Gasteiger partial charge is 0.231 e. The van der Waals surface area contributed by atoms with Crippen molar-refractivity contribution in [2.75, 3.05) is 19.6 Å². The monoisotopic (exact) mass is 408 g/mol. The second kappa shape index (κ2) is 7.82. The summed E-state index contributed by atoms with van der Waals surface area (Å²) in [6, 6.07) is 10.8. The lowest BCUT2D eigenvalue weighted by atomic mass is 9.89. The molecule has 3 atom stereocenters. The van der Waals surface area contributed by atoms with E-state index >= 15 is 0 Å². The van der Waals surface area contributed by atoms with E-state index in [2.05, 4.69) is 50.1 Å². The van der Waals surface area contributed by atoms with Crippen LogP contribution in [0.3, 0.4) is 0 Å². The topological polar surface area (TPSA) is 50.2 Å². The lowest BCUT2D eigenvalue weighted by Gasteiger charge is -2.32. The second-order valence-corrected chi connectivity index (χ2v) is 7.91. The predicted molar refractivity (Wildman–Crippen MR) is 109 cm³/mol. The number of carbonyl (C=O) groups excluding carboxylic acids is 1. The third-order valence-electron chi connectivity index (χ3n) is 6.32. The van der Waals surface area contributed by atoms with Crippen molar-refractivity contribution in [2.45, 2.75) is 25.4 Å². The van der Waals surface area contributed by atoms with E-state index in [1.165, 1.54) is 5.56 Å². The van der Waals surface area contributed by atoms with Crippen molar-refractivity contribution in [3.05, 3.63) is 54.6 Å². The minimum Gasteiger partial charge on any atom is -0.336 e. The zero-order valence-corrected chi connectivity index (χ0v) is 16.8. The average Bonchev–Trinajstić information content (AvgIpc) is 2.99. The normalized spacial score (nSPS) is 27.4. The summed E-state index contributed by atoms with van der Waals surface area (Å²) >= 11 is 0. The van der Waals surface area contributed by atoms with Gasteiger partial charge < -0.3 is 14.8 Å². The zero-order valence-electron chi connectivity index (χ0n) is 15.2. The summed E-state index contributed by atoms with van der Waals surface area (Å²) < 4.78 is 2.06. The Hall–Kier alpha value is -1.56. The first-order chi connectivity index (χ1) is 12.3. The Morgan fingerprint density at radius 3 is 2.63 bits per heavy atom. The highest BCUT2D eigenvalue weighted by Gasteiger charge is 2.56. The fourth-order valence-corrected chi connectivity index (χ4v) is 4.83. The minimum atomic E-state index is -0.209. The molecule has 5 rings (SSSR count). The van der Waals surface area contributed by atoms with Gasteiger partial charge in [-0.1, -0.05) is 30.3 Å². The number of hydrogen-bond acceptors (Lipinski definition) is 3. The van der Waals surface area contributed by atoms with E-state index in [1.54, 1.807) is 6.20 Å². The average molecular weight is 409 g/mol. The van der Waals surface area contributed by atoms with Crippen LogP contribution in [0.4, 0.5) is 0 Å². The first-order valence-corrected chi connectivity index (χ1v) is 9.29. The van der Waals surface area contributed by atoms with Crippen molar-refractivity contribution in [1.29, 1.82) is 0 Å². The van der Waals surface area contributed by atoms with Crippen LogP contribution in [-0.2, 0) is 11.3 Å². The van der Waals surface area contributed by atoms with Crippen LogP contribution in [-0.4, -0.2) is 40.0 Å². The summed E-state index contributed by atoms with van der Waals surface area (Å²) in [7, 11) is 0. The molecule has 0 spiro atoms. The van der Waals surface area contributed by atoms with Crippen LogP contribution in [0.25, 0.3) is 0 Å². The molecule has 0 unspecified atom stereocenters. The van der Waals surface area contributed by atoms with Crippen molar-refractivity contribution < 1.29 is 4.79 Å². The molecule has 7 heteroatoms. The largest absolute Gasteiger partial charge is 0.336 e. The van der Waals surface area contributed by atoms with E-state index in [9.17, 15) is 4.79 Å². The van der Waals surface area contributed by atoms with Crippen LogP contribution in [0.15, 0.2) is 49.1 Å². The van der Waals surface area contributed by atoms with Gasteiger partial charge in [-0.05, 0) is 24.3 Å². The van der Waals surface area contributed by atoms with Gasteiger partial charge >= 0.3 is 0 Å². The number of carbonyl (C=O) groups is 1. The minimum absolute atomic E-state index is 0. The van der Waals surface area contributed by atoms with Gasteiger partial charge in [0, 0.05) is 44.5 Å². The van der Waals surface area contributed by atoms with Crippen molar-refractivity contribution in [1.82, 2.24) is 19.8 Å². The summed E-state index contributed by atoms with van der Waals surface area (Å²) in [5.74, 6) is 1.47. The van der Waals surface area contributed by atoms with Gasteiger partial charge in [-0.25, -0.2) is 4.98 Å². The Labute approximate surface area is 172 Å². The first kappa shape index (κ1) is 20.2. The third-order valence-corrected chi connectivity index (χ3v) is 6.32. The van der Waals surface area contributed by atoms with Gasteiger partial charge in [0.2, 0.25) is 5.91 Å². The van der Waals surface area contributed by atoms with E-state index < -0.39 is 0 Å². The first-order valence-electron chi connectivity index (χ1n) is 9.29. The highest BCUT2D eigenvalue weighted by Crippen LogP contribution is 2.52. The van der Waals surface area contributed by atoms with Gasteiger partial charge in [0.25, 0.3) is 0 Å². The molecule has 2 aromatic rings. The predicted octanol–water partition coefficient (Wildman–Crippen LogP) is 2.93. The van der Waals surface area contributed by atoms with E-state index in [0.717, 1.165) is 39.0 Å². The molecule has 3 heterocycles. The van der Waals surface area contributed by atoms with Gasteiger partial charge in [0.1, 0.15) is 0 Å². The number of halogens is 2. The quantitative estimate of drug-likeness (QED) is 0.845. The van der Waals surface area contributed by atoms with E-state index in [4.69, 9.17) is 0 Å². The van der Waals surface area contributed by atoms with Gasteiger partial charge in [0.15, 0.2) is 0 Å². The lowest BCUT2D eigenvalue weighted by Crippen LogP contribution is -2.41. The second-order valence-electron chi connectivity index (χ2n) is 7.91. The van der Waals surface area contributed by atoms with Gasteiger partial charge in [0.05, 0.1) is 17.8 Å². The molecule has 1 amide bonds. The molecule has 2 aliphatic heterocycles. The van der Waals surface area contributed by atoms with Gasteiger partial charge in [-0.15, -0.1) is 24.8 Å². The van der Waals surface area contributed by atoms with Crippen LogP contribution in [0, 0.1) is 17.3 Å². The number of hydrogen-bond donors (Lipinski definition) is 1. The number of fused-ring (bicyclic) bond motifs is 1. The van der Waals surface area contributed by atoms with E-state index in [0.29, 0.717) is 17.7 Å². The van der Waals surface area contributed by atoms with Crippen molar-refractivity contribution >= 4 is 30.7 Å². The number of imidazole rings is 1. The Balaban J connectivity index is 0.00000105. The summed E-state index contributed by atoms with van der Waals surface area (Å²) in [6.07, 6.45) is 7.57. The SMILES string of the molecule is Cl.Cl.O=C(N1C[C@@H]2CNC[C@@H]2[C@H]1c1ccccc1)C1(Cn2ccnc2)CC1. The zero-order chi connectivity index (χ0) is 16.9. The molecular formula is C20H26Cl2N4O. The van der Waals surface area contributed by atoms with Crippen molar-refractivity contribution in [2.24, 2.45) is 17.3 Å². The van der Waals surface area contributed by atoms with Crippen molar-refractivity contribution in [3.8, 4) is 0 Å². The highest BCUT2D eigenvalue weighted by atomic mass is 35.5. The summed E-state index contributed by atoms with van der Waals surface area (Å²) in [4.78, 5) is 19.9. The van der Waals surface area contributed by atoms with Crippen LogP contribution < -0.4 is 5.32 Å². The summed E-state index contributed by atoms with van der Waals surface area (Å²) in [5.41, 5.74) is 1.07. The Bertz CT molecular complexity index is 764. The van der Waals surface area contributed by atoms with Crippen molar-refractivity contribution in [3.63, 3.8) is 0 Å². The molecule has 3 aliphatic rings. The van der Waals surface area contributed by atoms with Crippen LogP contribution in [0.5, 0.6) is 0 Å². The number of benzene rings is 1. The Kier molecular flexibility index (Phi) is 5.84.